The third-order valence-electron chi connectivity index (χ3n) is 3.29. The van der Waals surface area contributed by atoms with Crippen LogP contribution in [0.1, 0.15) is 0 Å². The van der Waals surface area contributed by atoms with E-state index in [1.807, 2.05) is 0 Å². The second kappa shape index (κ2) is 7.32. The van der Waals surface area contributed by atoms with Gasteiger partial charge >= 0.3 is 0 Å². The molecule has 0 aromatic carbocycles. The van der Waals surface area contributed by atoms with E-state index in [-0.39, 0.29) is 11.0 Å². The third-order valence-corrected chi connectivity index (χ3v) is 4.70. The fourth-order valence-corrected chi connectivity index (χ4v) is 3.23. The lowest BCUT2D eigenvalue weighted by Crippen LogP contribution is -2.46. The molecule has 0 radical (unpaired) electrons. The number of hydrogen-bond donors (Lipinski definition) is 1. The Morgan fingerprint density at radius 3 is 3.05 bits per heavy atom. The Morgan fingerprint density at radius 2 is 2.38 bits per heavy atom. The van der Waals surface area contributed by atoms with Gasteiger partial charge in [-0.25, -0.2) is 13.1 Å². The van der Waals surface area contributed by atoms with E-state index >= 15 is 0 Å². The van der Waals surface area contributed by atoms with Crippen molar-refractivity contribution in [2.75, 3.05) is 46.5 Å². The third kappa shape index (κ3) is 4.75. The molecule has 0 spiro atoms. The number of aromatic nitrogens is 2. The number of ether oxygens (including phenoxy) is 2. The highest BCUT2D eigenvalue weighted by atomic mass is 32.2. The fraction of sp³-hybridized carbons (Fsp3) is 0.750. The molecule has 1 atom stereocenters. The highest BCUT2D eigenvalue weighted by Gasteiger charge is 2.21. The van der Waals surface area contributed by atoms with E-state index in [2.05, 4.69) is 14.7 Å². The molecule has 0 saturated carbocycles. The van der Waals surface area contributed by atoms with Gasteiger partial charge in [-0.15, -0.1) is 0 Å². The minimum absolute atomic E-state index is 0.0543. The van der Waals surface area contributed by atoms with E-state index in [0.717, 1.165) is 13.1 Å². The molecule has 21 heavy (non-hydrogen) atoms. The topological polar surface area (TPSA) is 85.7 Å². The van der Waals surface area contributed by atoms with Crippen molar-refractivity contribution in [1.29, 1.82) is 0 Å². The summed E-state index contributed by atoms with van der Waals surface area (Å²) in [5.41, 5.74) is 0. The van der Waals surface area contributed by atoms with Crippen LogP contribution in [0, 0.1) is 0 Å². The molecule has 1 fully saturated rings. The first-order valence-corrected chi connectivity index (χ1v) is 8.31. The van der Waals surface area contributed by atoms with Crippen LogP contribution in [0.3, 0.4) is 0 Å². The van der Waals surface area contributed by atoms with Crippen LogP contribution in [-0.2, 0) is 26.5 Å². The second-order valence-electron chi connectivity index (χ2n) is 5.00. The number of morpholine rings is 1. The molecule has 1 aliphatic rings. The summed E-state index contributed by atoms with van der Waals surface area (Å²) in [5.74, 6) is 0. The number of rotatable bonds is 7. The zero-order valence-corrected chi connectivity index (χ0v) is 13.2. The lowest BCUT2D eigenvalue weighted by atomic mass is 10.3. The summed E-state index contributed by atoms with van der Waals surface area (Å²) in [6.45, 7) is 3.75. The maximum Gasteiger partial charge on any atom is 0.243 e. The van der Waals surface area contributed by atoms with Crippen molar-refractivity contribution < 1.29 is 17.9 Å². The summed E-state index contributed by atoms with van der Waals surface area (Å²) in [6, 6.07) is 0. The molecule has 1 aromatic rings. The van der Waals surface area contributed by atoms with Crippen LogP contribution in [0.2, 0.25) is 0 Å². The van der Waals surface area contributed by atoms with E-state index in [1.54, 1.807) is 14.2 Å². The minimum atomic E-state index is -3.48. The lowest BCUT2D eigenvalue weighted by molar-refractivity contribution is -0.0602. The molecule has 2 rings (SSSR count). The van der Waals surface area contributed by atoms with Gasteiger partial charge in [-0.05, 0) is 0 Å². The molecule has 8 nitrogen and oxygen atoms in total. The van der Waals surface area contributed by atoms with Gasteiger partial charge in [-0.1, -0.05) is 0 Å². The predicted molar refractivity (Wildman–Crippen MR) is 76.5 cm³/mol. The number of methoxy groups -OCH3 is 1. The van der Waals surface area contributed by atoms with Gasteiger partial charge in [0.05, 0.1) is 25.5 Å². The predicted octanol–water partition coefficient (Wildman–Crippen LogP) is -0.954. The Hall–Kier alpha value is -1.00. The first-order chi connectivity index (χ1) is 10.0. The van der Waals surface area contributed by atoms with Gasteiger partial charge in [0.2, 0.25) is 10.0 Å². The largest absolute Gasteiger partial charge is 0.382 e. The van der Waals surface area contributed by atoms with Crippen LogP contribution in [-0.4, -0.2) is 75.7 Å². The Labute approximate surface area is 125 Å². The van der Waals surface area contributed by atoms with Gasteiger partial charge in [0.15, 0.2) is 0 Å². The molecule has 1 aromatic heterocycles. The van der Waals surface area contributed by atoms with Crippen molar-refractivity contribution in [3.8, 4) is 0 Å². The first-order valence-electron chi connectivity index (χ1n) is 6.82. The van der Waals surface area contributed by atoms with Gasteiger partial charge in [0.25, 0.3) is 0 Å². The SMILES string of the molecule is COCC1CN(CCNS(=O)(=O)c2cnn(C)c2)CCO1. The second-order valence-corrected chi connectivity index (χ2v) is 6.76. The molecule has 9 heteroatoms. The summed E-state index contributed by atoms with van der Waals surface area (Å²) in [5, 5.41) is 3.87. The average molecular weight is 318 g/mol. The van der Waals surface area contributed by atoms with E-state index in [9.17, 15) is 8.42 Å². The molecular formula is C12H22N4O4S. The molecule has 0 aliphatic carbocycles. The van der Waals surface area contributed by atoms with Crippen LogP contribution >= 0.6 is 0 Å². The van der Waals surface area contributed by atoms with E-state index in [1.165, 1.54) is 17.1 Å². The van der Waals surface area contributed by atoms with E-state index < -0.39 is 10.0 Å². The Kier molecular flexibility index (Phi) is 5.71. The van der Waals surface area contributed by atoms with Crippen LogP contribution < -0.4 is 4.72 Å². The van der Waals surface area contributed by atoms with Gasteiger partial charge < -0.3 is 9.47 Å². The standard InChI is InChI=1S/C12H22N4O4S/c1-15-9-12(7-13-15)21(17,18)14-3-4-16-5-6-20-11(8-16)10-19-2/h7,9,11,14H,3-6,8,10H2,1-2H3. The minimum Gasteiger partial charge on any atom is -0.382 e. The van der Waals surface area contributed by atoms with Crippen molar-refractivity contribution in [1.82, 2.24) is 19.4 Å². The normalized spacial score (nSPS) is 20.8. The van der Waals surface area contributed by atoms with Gasteiger partial charge in [-0.2, -0.15) is 5.10 Å². The summed E-state index contributed by atoms with van der Waals surface area (Å²) < 4.78 is 38.7. The summed E-state index contributed by atoms with van der Waals surface area (Å²) in [4.78, 5) is 2.35. The van der Waals surface area contributed by atoms with Crippen molar-refractivity contribution in [3.05, 3.63) is 12.4 Å². The Morgan fingerprint density at radius 1 is 1.57 bits per heavy atom. The zero-order chi connectivity index (χ0) is 15.3. The fourth-order valence-electron chi connectivity index (χ4n) is 2.23. The van der Waals surface area contributed by atoms with Gasteiger partial charge in [0.1, 0.15) is 4.90 Å². The smallest absolute Gasteiger partial charge is 0.243 e. The summed E-state index contributed by atoms with van der Waals surface area (Å²) >= 11 is 0. The lowest BCUT2D eigenvalue weighted by Gasteiger charge is -2.32. The maximum atomic E-state index is 12.0. The zero-order valence-electron chi connectivity index (χ0n) is 12.4. The molecule has 0 bridgehead atoms. The van der Waals surface area contributed by atoms with Gasteiger partial charge in [-0.3, -0.25) is 9.58 Å². The Balaban J connectivity index is 1.78. The molecular weight excluding hydrogens is 296 g/mol. The van der Waals surface area contributed by atoms with Crippen molar-refractivity contribution >= 4 is 10.0 Å². The van der Waals surface area contributed by atoms with Crippen molar-refractivity contribution in [2.24, 2.45) is 7.05 Å². The highest BCUT2D eigenvalue weighted by molar-refractivity contribution is 7.89. The number of sulfonamides is 1. The van der Waals surface area contributed by atoms with Crippen LogP contribution in [0.25, 0.3) is 0 Å². The molecule has 0 amide bonds. The molecule has 2 heterocycles. The number of aryl methyl sites for hydroxylation is 1. The Bertz CT molecular complexity index is 543. The maximum absolute atomic E-state index is 12.0. The van der Waals surface area contributed by atoms with E-state index in [4.69, 9.17) is 9.47 Å². The summed E-state index contributed by atoms with van der Waals surface area (Å²) in [7, 11) is -0.154. The molecule has 1 N–H and O–H groups in total. The quantitative estimate of drug-likeness (QED) is 0.697. The van der Waals surface area contributed by atoms with Crippen LogP contribution in [0.5, 0.6) is 0 Å². The summed E-state index contributed by atoms with van der Waals surface area (Å²) in [6.07, 6.45) is 2.87. The number of hydrogen-bond acceptors (Lipinski definition) is 6. The van der Waals surface area contributed by atoms with Crippen molar-refractivity contribution in [3.63, 3.8) is 0 Å². The molecule has 1 unspecified atom stereocenters. The van der Waals surface area contributed by atoms with Crippen molar-refractivity contribution in [2.45, 2.75) is 11.0 Å². The average Bonchev–Trinajstić information content (AvgIpc) is 2.87. The van der Waals surface area contributed by atoms with Gasteiger partial charge in [0, 0.05) is 46.5 Å². The number of nitrogens with zero attached hydrogens (tertiary/aromatic N) is 3. The molecule has 1 aliphatic heterocycles. The molecule has 1 saturated heterocycles. The van der Waals surface area contributed by atoms with Crippen LogP contribution in [0.15, 0.2) is 17.3 Å². The van der Waals surface area contributed by atoms with Crippen LogP contribution in [0.4, 0.5) is 0 Å². The highest BCUT2D eigenvalue weighted by Crippen LogP contribution is 2.07. The number of nitrogens with one attached hydrogen (secondary N) is 1. The first kappa shape index (κ1) is 16.4. The molecule has 120 valence electrons. The van der Waals surface area contributed by atoms with E-state index in [0.29, 0.717) is 26.3 Å². The monoisotopic (exact) mass is 318 g/mol.